The zero-order valence-electron chi connectivity index (χ0n) is 17.2. The lowest BCUT2D eigenvalue weighted by atomic mass is 9.85. The van der Waals surface area contributed by atoms with Crippen molar-refractivity contribution in [3.8, 4) is 0 Å². The van der Waals surface area contributed by atoms with Gasteiger partial charge in [-0.25, -0.2) is 0 Å². The van der Waals surface area contributed by atoms with Crippen molar-refractivity contribution >= 4 is 5.91 Å². The van der Waals surface area contributed by atoms with Gasteiger partial charge in [-0.2, -0.15) is 13.2 Å². The standard InChI is InChI=1S/C21H28F3NO4/c1-6-14-27-20(21(22,23)24,13-12-15-10-8-7-9-11-15)17-16(18(26)25(4)5)28-19(2,3)29-17/h6-11,16-17H,1,12-14H2,2-5H3/t16-,17-,20+/m1/s1. The maximum Gasteiger partial charge on any atom is 0.420 e. The molecule has 1 aromatic carbocycles. The Kier molecular flexibility index (Phi) is 7.14. The van der Waals surface area contributed by atoms with E-state index in [2.05, 4.69) is 6.58 Å². The molecular formula is C21H28F3NO4. The first-order valence-corrected chi connectivity index (χ1v) is 9.36. The fraction of sp³-hybridized carbons (Fsp3) is 0.571. The van der Waals surface area contributed by atoms with Crippen molar-refractivity contribution in [2.24, 2.45) is 0 Å². The summed E-state index contributed by atoms with van der Waals surface area (Å²) in [6, 6.07) is 8.79. The van der Waals surface area contributed by atoms with Gasteiger partial charge in [0.25, 0.3) is 5.91 Å². The van der Waals surface area contributed by atoms with E-state index in [0.717, 1.165) is 5.56 Å². The largest absolute Gasteiger partial charge is 0.420 e. The van der Waals surface area contributed by atoms with Crippen molar-refractivity contribution in [3.05, 3.63) is 48.6 Å². The van der Waals surface area contributed by atoms with Crippen LogP contribution in [-0.2, 0) is 25.4 Å². The number of alkyl halides is 3. The average Bonchev–Trinajstić information content (AvgIpc) is 2.96. The van der Waals surface area contributed by atoms with Crippen molar-refractivity contribution in [2.75, 3.05) is 20.7 Å². The topological polar surface area (TPSA) is 48.0 Å². The van der Waals surface area contributed by atoms with Gasteiger partial charge in [0, 0.05) is 14.1 Å². The fourth-order valence-electron chi connectivity index (χ4n) is 3.40. The molecule has 2 rings (SSSR count). The molecule has 3 atom stereocenters. The lowest BCUT2D eigenvalue weighted by molar-refractivity contribution is -0.314. The van der Waals surface area contributed by atoms with Crippen LogP contribution >= 0.6 is 0 Å². The Morgan fingerprint density at radius 1 is 1.24 bits per heavy atom. The van der Waals surface area contributed by atoms with Gasteiger partial charge in [-0.1, -0.05) is 36.4 Å². The van der Waals surface area contributed by atoms with Gasteiger partial charge in [0.1, 0.15) is 6.10 Å². The first-order chi connectivity index (χ1) is 13.4. The van der Waals surface area contributed by atoms with Crippen molar-refractivity contribution < 1.29 is 32.2 Å². The number of ether oxygens (including phenoxy) is 3. The number of halogens is 3. The minimum atomic E-state index is -4.82. The maximum atomic E-state index is 14.5. The molecule has 8 heteroatoms. The second-order valence-corrected chi connectivity index (χ2v) is 7.68. The lowest BCUT2D eigenvalue weighted by Gasteiger charge is -2.41. The summed E-state index contributed by atoms with van der Waals surface area (Å²) < 4.78 is 60.2. The molecule has 0 unspecified atom stereocenters. The van der Waals surface area contributed by atoms with Gasteiger partial charge < -0.3 is 19.1 Å². The van der Waals surface area contributed by atoms with E-state index in [4.69, 9.17) is 14.2 Å². The summed E-state index contributed by atoms with van der Waals surface area (Å²) in [5, 5.41) is 0. The van der Waals surface area contributed by atoms with Crippen LogP contribution in [0.1, 0.15) is 25.8 Å². The molecule has 162 valence electrons. The molecule has 29 heavy (non-hydrogen) atoms. The molecule has 1 aliphatic heterocycles. The Morgan fingerprint density at radius 2 is 1.86 bits per heavy atom. The first kappa shape index (κ1) is 23.4. The van der Waals surface area contributed by atoms with Crippen LogP contribution in [0, 0.1) is 0 Å². The van der Waals surface area contributed by atoms with Crippen LogP contribution in [0.3, 0.4) is 0 Å². The molecule has 0 aromatic heterocycles. The van der Waals surface area contributed by atoms with Gasteiger partial charge in [0.2, 0.25) is 0 Å². The number of hydrogen-bond donors (Lipinski definition) is 0. The molecule has 0 spiro atoms. The van der Waals surface area contributed by atoms with E-state index < -0.39 is 42.1 Å². The summed E-state index contributed by atoms with van der Waals surface area (Å²) in [4.78, 5) is 13.8. The molecule has 0 N–H and O–H groups in total. The third-order valence-corrected chi connectivity index (χ3v) is 4.81. The van der Waals surface area contributed by atoms with Crippen LogP contribution in [-0.4, -0.2) is 61.3 Å². The van der Waals surface area contributed by atoms with Gasteiger partial charge >= 0.3 is 6.18 Å². The molecule has 1 fully saturated rings. The summed E-state index contributed by atoms with van der Waals surface area (Å²) >= 11 is 0. The second kappa shape index (κ2) is 8.85. The monoisotopic (exact) mass is 415 g/mol. The predicted octanol–water partition coefficient (Wildman–Crippen LogP) is 3.73. The highest BCUT2D eigenvalue weighted by Crippen LogP contribution is 2.47. The average molecular weight is 415 g/mol. The molecule has 1 saturated heterocycles. The SMILES string of the molecule is C=CCO[C@@](CCc1ccccc1)([C@@H]1OC(C)(C)O[C@H]1C(=O)N(C)C)C(F)(F)F. The normalized spacial score (nSPS) is 23.4. The number of carbonyl (C=O) groups excluding carboxylic acids is 1. The van der Waals surface area contributed by atoms with Gasteiger partial charge in [0.05, 0.1) is 6.61 Å². The van der Waals surface area contributed by atoms with E-state index in [0.29, 0.717) is 0 Å². The van der Waals surface area contributed by atoms with Crippen LogP contribution in [0.4, 0.5) is 13.2 Å². The molecule has 0 aliphatic carbocycles. The van der Waals surface area contributed by atoms with Crippen LogP contribution < -0.4 is 0 Å². The summed E-state index contributed by atoms with van der Waals surface area (Å²) in [6.45, 7) is 6.07. The van der Waals surface area contributed by atoms with Crippen LogP contribution in [0.25, 0.3) is 0 Å². The molecule has 1 aromatic rings. The highest BCUT2D eigenvalue weighted by Gasteiger charge is 2.67. The molecule has 0 bridgehead atoms. The molecule has 0 saturated carbocycles. The summed E-state index contributed by atoms with van der Waals surface area (Å²) in [5.41, 5.74) is -2.03. The van der Waals surface area contributed by atoms with E-state index in [-0.39, 0.29) is 13.0 Å². The smallest absolute Gasteiger partial charge is 0.359 e. The van der Waals surface area contributed by atoms with Crippen LogP contribution in [0.15, 0.2) is 43.0 Å². The quantitative estimate of drug-likeness (QED) is 0.607. The Balaban J connectivity index is 2.50. The molecule has 1 amide bonds. The van der Waals surface area contributed by atoms with E-state index in [9.17, 15) is 18.0 Å². The lowest BCUT2D eigenvalue weighted by Crippen LogP contribution is -2.62. The summed E-state index contributed by atoms with van der Waals surface area (Å²) in [5.74, 6) is -1.99. The third-order valence-electron chi connectivity index (χ3n) is 4.81. The van der Waals surface area contributed by atoms with Gasteiger partial charge in [-0.3, -0.25) is 4.79 Å². The Morgan fingerprint density at radius 3 is 2.38 bits per heavy atom. The molecule has 0 radical (unpaired) electrons. The maximum absolute atomic E-state index is 14.5. The molecule has 1 aliphatic rings. The zero-order valence-corrected chi connectivity index (χ0v) is 17.2. The number of benzene rings is 1. The molecule has 1 heterocycles. The number of nitrogens with zero attached hydrogens (tertiary/aromatic N) is 1. The fourth-order valence-corrected chi connectivity index (χ4v) is 3.40. The van der Waals surface area contributed by atoms with Crippen molar-refractivity contribution in [2.45, 2.75) is 56.5 Å². The highest BCUT2D eigenvalue weighted by atomic mass is 19.4. The number of rotatable bonds is 8. The number of likely N-dealkylation sites (N-methyl/N-ethyl adjacent to an activating group) is 1. The van der Waals surface area contributed by atoms with Gasteiger partial charge in [-0.15, -0.1) is 6.58 Å². The minimum Gasteiger partial charge on any atom is -0.359 e. The molecular weight excluding hydrogens is 387 g/mol. The Bertz CT molecular complexity index is 706. The van der Waals surface area contributed by atoms with Crippen molar-refractivity contribution in [3.63, 3.8) is 0 Å². The zero-order chi connectivity index (χ0) is 21.9. The van der Waals surface area contributed by atoms with Crippen molar-refractivity contribution in [1.29, 1.82) is 0 Å². The van der Waals surface area contributed by atoms with Crippen LogP contribution in [0.5, 0.6) is 0 Å². The second-order valence-electron chi connectivity index (χ2n) is 7.68. The highest BCUT2D eigenvalue weighted by molar-refractivity contribution is 5.81. The Hall–Kier alpha value is -1.90. The van der Waals surface area contributed by atoms with Crippen LogP contribution in [0.2, 0.25) is 0 Å². The van der Waals surface area contributed by atoms with Crippen molar-refractivity contribution in [1.82, 2.24) is 4.90 Å². The van der Waals surface area contributed by atoms with Gasteiger partial charge in [0.15, 0.2) is 17.5 Å². The first-order valence-electron chi connectivity index (χ1n) is 9.36. The van der Waals surface area contributed by atoms with E-state index in [1.165, 1.54) is 38.9 Å². The minimum absolute atomic E-state index is 0.0840. The Labute approximate surface area is 169 Å². The molecule has 5 nitrogen and oxygen atoms in total. The number of amides is 1. The number of aryl methyl sites for hydroxylation is 1. The van der Waals surface area contributed by atoms with E-state index in [1.807, 2.05) is 0 Å². The summed E-state index contributed by atoms with van der Waals surface area (Å²) in [7, 11) is 2.91. The van der Waals surface area contributed by atoms with E-state index >= 15 is 0 Å². The van der Waals surface area contributed by atoms with E-state index in [1.54, 1.807) is 30.3 Å². The summed E-state index contributed by atoms with van der Waals surface area (Å²) in [6.07, 6.45) is -7.05. The van der Waals surface area contributed by atoms with Gasteiger partial charge in [-0.05, 0) is 32.3 Å². The predicted molar refractivity (Wildman–Crippen MR) is 102 cm³/mol. The third kappa shape index (κ3) is 5.18. The number of hydrogen-bond acceptors (Lipinski definition) is 4. The number of carbonyl (C=O) groups is 1.